The molecule has 254 valence electrons. The molecule has 0 saturated heterocycles. The van der Waals surface area contributed by atoms with E-state index in [-0.39, 0.29) is 25.2 Å². The average Bonchev–Trinajstić information content (AvgIpc) is 2.97. The SMILES string of the molecule is C.CC/C=C(\CC)NC(C(=O)NC(CN(C)C)C(=O)NC[C@H](C)Cc1ccccc1CCCC)C(C)C.Cc1cccc(C)c1. The molecule has 0 aliphatic rings. The highest BCUT2D eigenvalue weighted by molar-refractivity contribution is 5.90. The Bertz CT molecular complexity index is 1120. The highest BCUT2D eigenvalue weighted by Gasteiger charge is 2.28. The van der Waals surface area contributed by atoms with Gasteiger partial charge in [-0.3, -0.25) is 9.59 Å². The van der Waals surface area contributed by atoms with Crippen LogP contribution in [0.3, 0.4) is 0 Å². The molecule has 0 aromatic heterocycles. The first-order valence-corrected chi connectivity index (χ1v) is 16.7. The van der Waals surface area contributed by atoms with Gasteiger partial charge in [-0.25, -0.2) is 0 Å². The van der Waals surface area contributed by atoms with Crippen LogP contribution in [0.2, 0.25) is 0 Å². The highest BCUT2D eigenvalue weighted by atomic mass is 16.2. The molecule has 6 heteroatoms. The van der Waals surface area contributed by atoms with Crippen molar-refractivity contribution in [3.63, 3.8) is 0 Å². The minimum Gasteiger partial charge on any atom is -0.377 e. The molecular weight excluding hydrogens is 556 g/mol. The van der Waals surface area contributed by atoms with E-state index in [0.717, 1.165) is 31.4 Å². The van der Waals surface area contributed by atoms with Crippen molar-refractivity contribution in [2.45, 2.75) is 113 Å². The summed E-state index contributed by atoms with van der Waals surface area (Å²) in [6.07, 6.45) is 8.26. The molecule has 2 amide bonds. The molecule has 3 atom stereocenters. The van der Waals surface area contributed by atoms with Gasteiger partial charge in [0.15, 0.2) is 0 Å². The number of allylic oxidation sites excluding steroid dienone is 2. The molecule has 2 aromatic carbocycles. The molecule has 45 heavy (non-hydrogen) atoms. The summed E-state index contributed by atoms with van der Waals surface area (Å²) in [4.78, 5) is 28.3. The molecule has 0 fully saturated rings. The smallest absolute Gasteiger partial charge is 0.243 e. The van der Waals surface area contributed by atoms with Crippen molar-refractivity contribution < 1.29 is 9.59 Å². The fourth-order valence-corrected chi connectivity index (χ4v) is 5.13. The lowest BCUT2D eigenvalue weighted by Crippen LogP contribution is -2.57. The standard InChI is InChI=1S/C30H52N4O2.C8H10.CH4/c1-9-12-16-24-17-13-14-18-25(24)19-23(6)20-31-29(35)27(21-34(7)8)33-30(36)28(22(4)5)32-26(11-3)15-10-2;1-7-4-3-5-8(2)6-7;/h13-15,17-18,22-23,27-28,32H,9-12,16,19-21H2,1-8H3,(H,31,35)(H,33,36);3-6H,1-2H3;1H4/b26-15+;;/t23-,27?,28?;;/m1../s1. The molecule has 0 spiro atoms. The Labute approximate surface area is 276 Å². The first-order valence-electron chi connectivity index (χ1n) is 16.7. The second-order valence-corrected chi connectivity index (χ2v) is 12.8. The van der Waals surface area contributed by atoms with E-state index >= 15 is 0 Å². The van der Waals surface area contributed by atoms with Crippen molar-refractivity contribution >= 4 is 11.8 Å². The van der Waals surface area contributed by atoms with Crippen LogP contribution >= 0.6 is 0 Å². The molecule has 0 aliphatic carbocycles. The summed E-state index contributed by atoms with van der Waals surface area (Å²) >= 11 is 0. The van der Waals surface area contributed by atoms with Crippen molar-refractivity contribution in [1.82, 2.24) is 20.9 Å². The summed E-state index contributed by atoms with van der Waals surface area (Å²) < 4.78 is 0. The van der Waals surface area contributed by atoms with Crippen LogP contribution in [-0.4, -0.2) is 56.0 Å². The fraction of sp³-hybridized carbons (Fsp3) is 0.590. The van der Waals surface area contributed by atoms with E-state index in [1.54, 1.807) is 0 Å². The second-order valence-electron chi connectivity index (χ2n) is 12.8. The zero-order valence-electron chi connectivity index (χ0n) is 29.4. The van der Waals surface area contributed by atoms with E-state index in [4.69, 9.17) is 0 Å². The molecule has 3 N–H and O–H groups in total. The number of amides is 2. The molecule has 2 unspecified atom stereocenters. The second kappa shape index (κ2) is 23.3. The first kappa shape index (κ1) is 41.9. The number of unbranched alkanes of at least 4 members (excludes halogenated alkanes) is 1. The maximum absolute atomic E-state index is 13.2. The predicted octanol–water partition coefficient (Wildman–Crippen LogP) is 7.63. The number of hydrogen-bond acceptors (Lipinski definition) is 4. The Morgan fingerprint density at radius 2 is 1.49 bits per heavy atom. The van der Waals surface area contributed by atoms with Crippen LogP contribution < -0.4 is 16.0 Å². The molecule has 0 aliphatic heterocycles. The van der Waals surface area contributed by atoms with E-state index in [0.29, 0.717) is 19.0 Å². The zero-order chi connectivity index (χ0) is 33.1. The van der Waals surface area contributed by atoms with Crippen molar-refractivity contribution in [2.24, 2.45) is 11.8 Å². The van der Waals surface area contributed by atoms with Gasteiger partial charge in [0.1, 0.15) is 12.1 Å². The summed E-state index contributed by atoms with van der Waals surface area (Å²) in [5.41, 5.74) is 6.51. The zero-order valence-corrected chi connectivity index (χ0v) is 29.4. The Morgan fingerprint density at radius 3 is 1.98 bits per heavy atom. The normalized spacial score (nSPS) is 13.2. The Hall–Kier alpha value is -3.12. The third kappa shape index (κ3) is 17.2. The fourth-order valence-electron chi connectivity index (χ4n) is 5.13. The van der Waals surface area contributed by atoms with Gasteiger partial charge in [0, 0.05) is 18.8 Å². The van der Waals surface area contributed by atoms with Crippen LogP contribution in [0.4, 0.5) is 0 Å². The lowest BCUT2D eigenvalue weighted by atomic mass is 9.94. The number of carbonyl (C=O) groups is 2. The van der Waals surface area contributed by atoms with Gasteiger partial charge >= 0.3 is 0 Å². The van der Waals surface area contributed by atoms with Crippen LogP contribution in [0.25, 0.3) is 0 Å². The van der Waals surface area contributed by atoms with Crippen molar-refractivity contribution in [1.29, 1.82) is 0 Å². The molecule has 0 heterocycles. The van der Waals surface area contributed by atoms with Crippen molar-refractivity contribution in [3.05, 3.63) is 82.6 Å². The maximum Gasteiger partial charge on any atom is 0.243 e. The Kier molecular flexibility index (Phi) is 21.6. The number of likely N-dealkylation sites (N-methyl/N-ethyl adjacent to an activating group) is 1. The van der Waals surface area contributed by atoms with Crippen molar-refractivity contribution in [3.8, 4) is 0 Å². The minimum atomic E-state index is -0.611. The molecule has 2 rings (SSSR count). The van der Waals surface area contributed by atoms with Gasteiger partial charge < -0.3 is 20.9 Å². The first-order chi connectivity index (χ1) is 20.9. The molecule has 0 bridgehead atoms. The quantitative estimate of drug-likeness (QED) is 0.170. The number of aryl methyl sites for hydroxylation is 3. The van der Waals surface area contributed by atoms with Gasteiger partial charge in [0.2, 0.25) is 11.8 Å². The molecule has 0 saturated carbocycles. The monoisotopic (exact) mass is 623 g/mol. The van der Waals surface area contributed by atoms with E-state index in [1.165, 1.54) is 35.1 Å². The molecular formula is C39H66N4O2. The predicted molar refractivity (Wildman–Crippen MR) is 194 cm³/mol. The lowest BCUT2D eigenvalue weighted by Gasteiger charge is -2.28. The Balaban J connectivity index is 0.00000186. The number of hydrogen-bond donors (Lipinski definition) is 3. The molecule has 6 nitrogen and oxygen atoms in total. The summed E-state index contributed by atoms with van der Waals surface area (Å²) in [6.45, 7) is 17.8. The average molecular weight is 623 g/mol. The van der Waals surface area contributed by atoms with Gasteiger partial charge in [-0.1, -0.05) is 121 Å². The number of benzene rings is 2. The number of rotatable bonds is 17. The van der Waals surface area contributed by atoms with E-state index in [2.05, 4.69) is 112 Å². The van der Waals surface area contributed by atoms with Gasteiger partial charge in [0.25, 0.3) is 0 Å². The summed E-state index contributed by atoms with van der Waals surface area (Å²) in [7, 11) is 3.83. The minimum absolute atomic E-state index is 0. The van der Waals surface area contributed by atoms with Crippen LogP contribution in [0.1, 0.15) is 96.9 Å². The van der Waals surface area contributed by atoms with Crippen LogP contribution in [0, 0.1) is 25.7 Å². The van der Waals surface area contributed by atoms with Gasteiger partial charge in [-0.05, 0) is 83.0 Å². The highest BCUT2D eigenvalue weighted by Crippen LogP contribution is 2.16. The van der Waals surface area contributed by atoms with Gasteiger partial charge in [0.05, 0.1) is 0 Å². The van der Waals surface area contributed by atoms with E-state index in [9.17, 15) is 9.59 Å². The summed E-state index contributed by atoms with van der Waals surface area (Å²) in [5.74, 6) is 0.113. The van der Waals surface area contributed by atoms with Crippen LogP contribution in [0.5, 0.6) is 0 Å². The third-order valence-electron chi connectivity index (χ3n) is 7.59. The van der Waals surface area contributed by atoms with Crippen LogP contribution in [0.15, 0.2) is 60.3 Å². The molecule has 2 aromatic rings. The molecule has 0 radical (unpaired) electrons. The largest absolute Gasteiger partial charge is 0.377 e. The third-order valence-corrected chi connectivity index (χ3v) is 7.59. The van der Waals surface area contributed by atoms with Gasteiger partial charge in [-0.2, -0.15) is 0 Å². The summed E-state index contributed by atoms with van der Waals surface area (Å²) in [6, 6.07) is 16.1. The lowest BCUT2D eigenvalue weighted by molar-refractivity contribution is -0.131. The topological polar surface area (TPSA) is 73.5 Å². The van der Waals surface area contributed by atoms with E-state index in [1.807, 2.05) is 32.8 Å². The number of carbonyl (C=O) groups excluding carboxylic acids is 2. The summed E-state index contributed by atoms with van der Waals surface area (Å²) in [5, 5.41) is 9.53. The number of nitrogens with zero attached hydrogens (tertiary/aromatic N) is 1. The maximum atomic E-state index is 13.2. The van der Waals surface area contributed by atoms with Crippen molar-refractivity contribution in [2.75, 3.05) is 27.2 Å². The number of nitrogens with one attached hydrogen (secondary N) is 3. The van der Waals surface area contributed by atoms with E-state index < -0.39 is 12.1 Å². The van der Waals surface area contributed by atoms with Gasteiger partial charge in [-0.15, -0.1) is 0 Å². The van der Waals surface area contributed by atoms with Crippen LogP contribution in [-0.2, 0) is 22.4 Å². The Morgan fingerprint density at radius 1 is 0.867 bits per heavy atom.